The van der Waals surface area contributed by atoms with Crippen LogP contribution < -0.4 is 10.5 Å². The number of aryl methyl sites for hydroxylation is 1. The van der Waals surface area contributed by atoms with E-state index >= 15 is 0 Å². The summed E-state index contributed by atoms with van der Waals surface area (Å²) in [5.41, 5.74) is 6.81. The summed E-state index contributed by atoms with van der Waals surface area (Å²) in [5.74, 6) is -0.0590. The molecule has 0 bridgehead atoms. The lowest BCUT2D eigenvalue weighted by Gasteiger charge is -2.10. The maximum absolute atomic E-state index is 12.2. The third kappa shape index (κ3) is 3.21. The van der Waals surface area contributed by atoms with Crippen molar-refractivity contribution in [2.75, 3.05) is 10.5 Å². The summed E-state index contributed by atoms with van der Waals surface area (Å²) in [4.78, 5) is 7.64. The summed E-state index contributed by atoms with van der Waals surface area (Å²) < 4.78 is 27.4. The molecule has 0 aliphatic rings. The van der Waals surface area contributed by atoms with Crippen LogP contribution in [0.1, 0.15) is 5.56 Å². The zero-order valence-electron chi connectivity index (χ0n) is 9.96. The van der Waals surface area contributed by atoms with Crippen LogP contribution in [0.15, 0.2) is 40.1 Å². The summed E-state index contributed by atoms with van der Waals surface area (Å²) in [7, 11) is -3.79. The topological polar surface area (TPSA) is 98.0 Å². The van der Waals surface area contributed by atoms with Gasteiger partial charge < -0.3 is 5.73 Å². The molecule has 2 heterocycles. The van der Waals surface area contributed by atoms with Crippen molar-refractivity contribution in [3.8, 4) is 0 Å². The second-order valence-electron chi connectivity index (χ2n) is 3.89. The molecule has 6 nitrogen and oxygen atoms in total. The van der Waals surface area contributed by atoms with E-state index in [0.29, 0.717) is 10.2 Å². The molecule has 2 aromatic rings. The summed E-state index contributed by atoms with van der Waals surface area (Å²) in [6, 6.07) is 3.07. The zero-order chi connectivity index (χ0) is 14.0. The van der Waals surface area contributed by atoms with Gasteiger partial charge >= 0.3 is 0 Å². The highest BCUT2D eigenvalue weighted by Gasteiger charge is 2.19. The maximum atomic E-state index is 12.2. The summed E-state index contributed by atoms with van der Waals surface area (Å²) in [6.07, 6.45) is 4.49. The van der Waals surface area contributed by atoms with Gasteiger partial charge in [-0.25, -0.2) is 13.4 Å². The molecule has 19 heavy (non-hydrogen) atoms. The monoisotopic (exact) mass is 342 g/mol. The molecular weight excluding hydrogens is 332 g/mol. The second kappa shape index (κ2) is 5.14. The third-order valence-electron chi connectivity index (χ3n) is 2.27. The van der Waals surface area contributed by atoms with Crippen molar-refractivity contribution in [2.45, 2.75) is 11.8 Å². The Bertz CT molecular complexity index is 718. The summed E-state index contributed by atoms with van der Waals surface area (Å²) in [5, 5.41) is 0. The number of anilines is 2. The molecule has 0 radical (unpaired) electrons. The van der Waals surface area contributed by atoms with Gasteiger partial charge in [0.15, 0.2) is 0 Å². The Morgan fingerprint density at radius 3 is 2.68 bits per heavy atom. The van der Waals surface area contributed by atoms with E-state index in [1.54, 1.807) is 12.3 Å². The Morgan fingerprint density at radius 2 is 2.00 bits per heavy atom. The Labute approximate surface area is 119 Å². The number of sulfonamides is 1. The first kappa shape index (κ1) is 13.8. The van der Waals surface area contributed by atoms with E-state index in [-0.39, 0.29) is 10.7 Å². The van der Waals surface area contributed by atoms with E-state index in [9.17, 15) is 8.42 Å². The van der Waals surface area contributed by atoms with E-state index in [1.807, 2.05) is 6.92 Å². The molecule has 0 aliphatic carbocycles. The van der Waals surface area contributed by atoms with Crippen molar-refractivity contribution in [2.24, 2.45) is 0 Å². The molecule has 0 spiro atoms. The second-order valence-corrected chi connectivity index (χ2v) is 6.46. The van der Waals surface area contributed by atoms with E-state index in [2.05, 4.69) is 30.6 Å². The van der Waals surface area contributed by atoms with Gasteiger partial charge in [0.05, 0.1) is 11.9 Å². The molecule has 0 saturated heterocycles. The van der Waals surface area contributed by atoms with Crippen molar-refractivity contribution < 1.29 is 8.42 Å². The standard InChI is InChI=1S/C11H11BrN4O2S/c1-7-2-9(6-14-4-7)16-19(17,18)10-3-8(12)5-15-11(10)13/h2-6,16H,1H3,(H2,13,15). The van der Waals surface area contributed by atoms with Crippen LogP contribution in [0, 0.1) is 6.92 Å². The van der Waals surface area contributed by atoms with Crippen LogP contribution in [0.25, 0.3) is 0 Å². The number of nitrogen functional groups attached to an aromatic ring is 1. The highest BCUT2D eigenvalue weighted by Crippen LogP contribution is 2.23. The van der Waals surface area contributed by atoms with Crippen molar-refractivity contribution in [1.82, 2.24) is 9.97 Å². The lowest BCUT2D eigenvalue weighted by molar-refractivity contribution is 0.601. The fourth-order valence-electron chi connectivity index (χ4n) is 1.47. The van der Waals surface area contributed by atoms with Gasteiger partial charge in [0.1, 0.15) is 10.7 Å². The van der Waals surface area contributed by atoms with Crippen LogP contribution in [0.5, 0.6) is 0 Å². The number of halogens is 1. The van der Waals surface area contributed by atoms with Gasteiger partial charge in [-0.2, -0.15) is 0 Å². The number of rotatable bonds is 3. The van der Waals surface area contributed by atoms with Crippen LogP contribution in [0.4, 0.5) is 11.5 Å². The predicted molar refractivity (Wildman–Crippen MR) is 76.1 cm³/mol. The molecule has 2 aromatic heterocycles. The normalized spacial score (nSPS) is 11.3. The molecule has 100 valence electrons. The van der Waals surface area contributed by atoms with E-state index in [4.69, 9.17) is 5.73 Å². The molecule has 0 unspecified atom stereocenters. The number of nitrogens with zero attached hydrogens (tertiary/aromatic N) is 2. The largest absolute Gasteiger partial charge is 0.383 e. The minimum atomic E-state index is -3.79. The van der Waals surface area contributed by atoms with Gasteiger partial charge in [-0.05, 0) is 40.5 Å². The SMILES string of the molecule is Cc1cncc(NS(=O)(=O)c2cc(Br)cnc2N)c1. The number of hydrogen-bond donors (Lipinski definition) is 2. The molecule has 3 N–H and O–H groups in total. The van der Waals surface area contributed by atoms with Crippen LogP contribution in [-0.4, -0.2) is 18.4 Å². The Morgan fingerprint density at radius 1 is 1.26 bits per heavy atom. The minimum Gasteiger partial charge on any atom is -0.383 e. The number of hydrogen-bond acceptors (Lipinski definition) is 5. The van der Waals surface area contributed by atoms with Crippen molar-refractivity contribution in [3.05, 3.63) is 40.8 Å². The zero-order valence-corrected chi connectivity index (χ0v) is 12.4. The average Bonchev–Trinajstić information content (AvgIpc) is 2.31. The van der Waals surface area contributed by atoms with Crippen LogP contribution in [0.3, 0.4) is 0 Å². The van der Waals surface area contributed by atoms with Crippen molar-refractivity contribution >= 4 is 37.5 Å². The predicted octanol–water partition coefficient (Wildman–Crippen LogP) is 1.93. The van der Waals surface area contributed by atoms with E-state index in [0.717, 1.165) is 5.56 Å². The number of nitrogens with two attached hydrogens (primary N) is 1. The molecule has 0 atom stereocenters. The smallest absolute Gasteiger partial charge is 0.265 e. The Kier molecular flexibility index (Phi) is 3.72. The molecular formula is C11H11BrN4O2S. The lowest BCUT2D eigenvalue weighted by atomic mass is 10.3. The van der Waals surface area contributed by atoms with Gasteiger partial charge in [0.25, 0.3) is 10.0 Å². The van der Waals surface area contributed by atoms with Gasteiger partial charge in [-0.15, -0.1) is 0 Å². The molecule has 0 fully saturated rings. The average molecular weight is 343 g/mol. The highest BCUT2D eigenvalue weighted by atomic mass is 79.9. The fourth-order valence-corrected chi connectivity index (χ4v) is 3.09. The first-order valence-electron chi connectivity index (χ1n) is 5.24. The Hall–Kier alpha value is -1.67. The van der Waals surface area contributed by atoms with Gasteiger partial charge in [-0.3, -0.25) is 9.71 Å². The molecule has 8 heteroatoms. The van der Waals surface area contributed by atoms with E-state index < -0.39 is 10.0 Å². The molecule has 0 saturated carbocycles. The first-order chi connectivity index (χ1) is 8.88. The fraction of sp³-hybridized carbons (Fsp3) is 0.0909. The molecule has 0 aromatic carbocycles. The van der Waals surface area contributed by atoms with Gasteiger partial charge in [0.2, 0.25) is 0 Å². The molecule has 0 amide bonds. The quantitative estimate of drug-likeness (QED) is 0.887. The molecule has 2 rings (SSSR count). The number of aromatic nitrogens is 2. The van der Waals surface area contributed by atoms with E-state index in [1.165, 1.54) is 18.5 Å². The van der Waals surface area contributed by atoms with Crippen molar-refractivity contribution in [3.63, 3.8) is 0 Å². The lowest BCUT2D eigenvalue weighted by Crippen LogP contribution is -2.15. The molecule has 0 aliphatic heterocycles. The maximum Gasteiger partial charge on any atom is 0.265 e. The van der Waals surface area contributed by atoms with Crippen LogP contribution in [0.2, 0.25) is 0 Å². The number of nitrogens with one attached hydrogen (secondary N) is 1. The first-order valence-corrected chi connectivity index (χ1v) is 7.51. The summed E-state index contributed by atoms with van der Waals surface area (Å²) in [6.45, 7) is 1.82. The number of pyridine rings is 2. The van der Waals surface area contributed by atoms with Gasteiger partial charge in [-0.1, -0.05) is 0 Å². The summed E-state index contributed by atoms with van der Waals surface area (Å²) >= 11 is 3.16. The Balaban J connectivity index is 2.40. The highest BCUT2D eigenvalue weighted by molar-refractivity contribution is 9.10. The third-order valence-corrected chi connectivity index (χ3v) is 4.11. The van der Waals surface area contributed by atoms with Crippen LogP contribution in [-0.2, 0) is 10.0 Å². The minimum absolute atomic E-state index is 0.0590. The van der Waals surface area contributed by atoms with Gasteiger partial charge in [0, 0.05) is 16.9 Å². The van der Waals surface area contributed by atoms with Crippen LogP contribution >= 0.6 is 15.9 Å². The van der Waals surface area contributed by atoms with Crippen molar-refractivity contribution in [1.29, 1.82) is 0 Å².